The number of rotatable bonds is 3. The molecule has 0 unspecified atom stereocenters. The number of esters is 1. The van der Waals surface area contributed by atoms with Gasteiger partial charge >= 0.3 is 5.97 Å². The molecule has 0 amide bonds. The molecule has 6 heteroatoms. The molecule has 0 aliphatic rings. The Hall–Kier alpha value is -2.24. The van der Waals surface area contributed by atoms with Crippen LogP contribution < -0.4 is 0 Å². The van der Waals surface area contributed by atoms with Crippen LogP contribution in [0.15, 0.2) is 24.5 Å². The molecule has 0 spiro atoms. The van der Waals surface area contributed by atoms with E-state index in [1.165, 1.54) is 7.11 Å². The standard InChI is InChI=1S/C12H14N4O2/c1-8(2)16-7-13-15-11(16)9-5-4-6-10(14-9)12(17)18-3/h4-8H,1-3H3. The average molecular weight is 246 g/mol. The smallest absolute Gasteiger partial charge is 0.356 e. The van der Waals surface area contributed by atoms with E-state index >= 15 is 0 Å². The highest BCUT2D eigenvalue weighted by atomic mass is 16.5. The Morgan fingerprint density at radius 1 is 1.39 bits per heavy atom. The average Bonchev–Trinajstić information content (AvgIpc) is 2.87. The third kappa shape index (κ3) is 2.22. The monoisotopic (exact) mass is 246 g/mol. The van der Waals surface area contributed by atoms with Crippen LogP contribution in [0.2, 0.25) is 0 Å². The van der Waals surface area contributed by atoms with Crippen LogP contribution in [-0.4, -0.2) is 32.8 Å². The van der Waals surface area contributed by atoms with E-state index in [1.807, 2.05) is 18.4 Å². The summed E-state index contributed by atoms with van der Waals surface area (Å²) in [5.74, 6) is 0.170. The summed E-state index contributed by atoms with van der Waals surface area (Å²) in [5.41, 5.74) is 0.859. The molecule has 0 bridgehead atoms. The van der Waals surface area contributed by atoms with E-state index in [2.05, 4.69) is 19.9 Å². The van der Waals surface area contributed by atoms with Crippen LogP contribution in [0.1, 0.15) is 30.4 Å². The van der Waals surface area contributed by atoms with Crippen LogP contribution in [0.4, 0.5) is 0 Å². The van der Waals surface area contributed by atoms with Gasteiger partial charge in [0.25, 0.3) is 0 Å². The number of aromatic nitrogens is 4. The quantitative estimate of drug-likeness (QED) is 0.771. The Morgan fingerprint density at radius 3 is 2.83 bits per heavy atom. The molecular formula is C12H14N4O2. The van der Waals surface area contributed by atoms with Gasteiger partial charge in [-0.2, -0.15) is 0 Å². The van der Waals surface area contributed by atoms with Crippen LogP contribution in [0.25, 0.3) is 11.5 Å². The molecule has 0 fully saturated rings. The number of hydrogen-bond acceptors (Lipinski definition) is 5. The Balaban J connectivity index is 2.45. The molecule has 18 heavy (non-hydrogen) atoms. The second-order valence-electron chi connectivity index (χ2n) is 4.06. The first-order valence-corrected chi connectivity index (χ1v) is 5.58. The number of pyridine rings is 1. The zero-order valence-corrected chi connectivity index (χ0v) is 10.5. The minimum Gasteiger partial charge on any atom is -0.464 e. The van der Waals surface area contributed by atoms with Crippen molar-refractivity contribution in [3.05, 3.63) is 30.2 Å². The van der Waals surface area contributed by atoms with E-state index < -0.39 is 5.97 Å². The summed E-state index contributed by atoms with van der Waals surface area (Å²) in [7, 11) is 1.33. The third-order valence-corrected chi connectivity index (χ3v) is 2.50. The van der Waals surface area contributed by atoms with E-state index in [0.29, 0.717) is 11.5 Å². The Morgan fingerprint density at radius 2 is 2.17 bits per heavy atom. The summed E-state index contributed by atoms with van der Waals surface area (Å²) in [4.78, 5) is 15.7. The van der Waals surface area contributed by atoms with Crippen molar-refractivity contribution in [3.8, 4) is 11.5 Å². The molecule has 0 radical (unpaired) electrons. The molecule has 0 saturated carbocycles. The second kappa shape index (κ2) is 4.95. The molecule has 0 aliphatic carbocycles. The second-order valence-corrected chi connectivity index (χ2v) is 4.06. The highest BCUT2D eigenvalue weighted by Crippen LogP contribution is 2.18. The first-order valence-electron chi connectivity index (χ1n) is 5.58. The minimum atomic E-state index is -0.465. The maximum Gasteiger partial charge on any atom is 0.356 e. The lowest BCUT2D eigenvalue weighted by Crippen LogP contribution is -2.07. The zero-order valence-electron chi connectivity index (χ0n) is 10.5. The number of nitrogens with zero attached hydrogens (tertiary/aromatic N) is 4. The molecule has 0 saturated heterocycles. The van der Waals surface area contributed by atoms with Gasteiger partial charge in [0.05, 0.1) is 7.11 Å². The number of methoxy groups -OCH3 is 1. The third-order valence-electron chi connectivity index (χ3n) is 2.50. The molecule has 2 aromatic heterocycles. The van der Waals surface area contributed by atoms with Crippen molar-refractivity contribution in [2.45, 2.75) is 19.9 Å². The number of ether oxygens (including phenoxy) is 1. The van der Waals surface area contributed by atoms with Crippen LogP contribution in [0, 0.1) is 0 Å². The Kier molecular flexibility index (Phi) is 3.36. The lowest BCUT2D eigenvalue weighted by molar-refractivity contribution is 0.0594. The van der Waals surface area contributed by atoms with Crippen molar-refractivity contribution in [3.63, 3.8) is 0 Å². The summed E-state index contributed by atoms with van der Waals surface area (Å²) < 4.78 is 6.53. The lowest BCUT2D eigenvalue weighted by Gasteiger charge is -2.09. The van der Waals surface area contributed by atoms with Crippen LogP contribution in [-0.2, 0) is 4.74 Å². The SMILES string of the molecule is COC(=O)c1cccc(-c2nncn2C(C)C)n1. The predicted molar refractivity (Wildman–Crippen MR) is 65.0 cm³/mol. The molecule has 2 aromatic rings. The first-order chi connectivity index (χ1) is 8.63. The first kappa shape index (κ1) is 12.2. The maximum absolute atomic E-state index is 11.4. The van der Waals surface area contributed by atoms with Crippen molar-refractivity contribution < 1.29 is 9.53 Å². The van der Waals surface area contributed by atoms with Gasteiger partial charge < -0.3 is 9.30 Å². The van der Waals surface area contributed by atoms with Gasteiger partial charge in [-0.1, -0.05) is 6.07 Å². The van der Waals surface area contributed by atoms with Gasteiger partial charge in [-0.05, 0) is 26.0 Å². The van der Waals surface area contributed by atoms with E-state index in [1.54, 1.807) is 24.5 Å². The normalized spacial score (nSPS) is 10.7. The molecule has 94 valence electrons. The van der Waals surface area contributed by atoms with Gasteiger partial charge in [0.2, 0.25) is 0 Å². The summed E-state index contributed by atoms with van der Waals surface area (Å²) in [6, 6.07) is 5.35. The van der Waals surface area contributed by atoms with E-state index in [-0.39, 0.29) is 11.7 Å². The van der Waals surface area contributed by atoms with Gasteiger partial charge in [0, 0.05) is 6.04 Å². The van der Waals surface area contributed by atoms with E-state index in [9.17, 15) is 4.79 Å². The fraction of sp³-hybridized carbons (Fsp3) is 0.333. The van der Waals surface area contributed by atoms with Crippen molar-refractivity contribution in [1.29, 1.82) is 0 Å². The van der Waals surface area contributed by atoms with Crippen molar-refractivity contribution in [2.75, 3.05) is 7.11 Å². The van der Waals surface area contributed by atoms with Gasteiger partial charge in [-0.3, -0.25) is 0 Å². The highest BCUT2D eigenvalue weighted by molar-refractivity contribution is 5.87. The van der Waals surface area contributed by atoms with E-state index in [0.717, 1.165) is 0 Å². The van der Waals surface area contributed by atoms with Crippen molar-refractivity contribution in [1.82, 2.24) is 19.7 Å². The van der Waals surface area contributed by atoms with Crippen LogP contribution >= 0.6 is 0 Å². The highest BCUT2D eigenvalue weighted by Gasteiger charge is 2.14. The molecule has 0 aliphatic heterocycles. The number of carbonyl (C=O) groups excluding carboxylic acids is 1. The summed E-state index contributed by atoms with van der Waals surface area (Å²) in [5, 5.41) is 7.90. The summed E-state index contributed by atoms with van der Waals surface area (Å²) in [6.45, 7) is 4.05. The Labute approximate surface area is 105 Å². The molecule has 0 aromatic carbocycles. The maximum atomic E-state index is 11.4. The molecule has 6 nitrogen and oxygen atoms in total. The Bertz CT molecular complexity index is 563. The fourth-order valence-corrected chi connectivity index (χ4v) is 1.58. The zero-order chi connectivity index (χ0) is 13.1. The van der Waals surface area contributed by atoms with Gasteiger partial charge in [0.1, 0.15) is 17.7 Å². The van der Waals surface area contributed by atoms with Crippen LogP contribution in [0.5, 0.6) is 0 Å². The van der Waals surface area contributed by atoms with Crippen molar-refractivity contribution >= 4 is 5.97 Å². The molecular weight excluding hydrogens is 232 g/mol. The summed E-state index contributed by atoms with van der Waals surface area (Å²) >= 11 is 0. The molecule has 2 rings (SSSR count). The number of carbonyl (C=O) groups is 1. The largest absolute Gasteiger partial charge is 0.464 e. The molecule has 0 N–H and O–H groups in total. The predicted octanol–water partition coefficient (Wildman–Crippen LogP) is 1.71. The van der Waals surface area contributed by atoms with Gasteiger partial charge in [0.15, 0.2) is 5.82 Å². The number of hydrogen-bond donors (Lipinski definition) is 0. The fourth-order valence-electron chi connectivity index (χ4n) is 1.58. The topological polar surface area (TPSA) is 69.9 Å². The molecule has 2 heterocycles. The van der Waals surface area contributed by atoms with Crippen molar-refractivity contribution in [2.24, 2.45) is 0 Å². The van der Waals surface area contributed by atoms with Gasteiger partial charge in [-0.15, -0.1) is 10.2 Å². The molecule has 0 atom stereocenters. The van der Waals surface area contributed by atoms with Crippen LogP contribution in [0.3, 0.4) is 0 Å². The van der Waals surface area contributed by atoms with E-state index in [4.69, 9.17) is 0 Å². The van der Waals surface area contributed by atoms with Gasteiger partial charge in [-0.25, -0.2) is 9.78 Å². The minimum absolute atomic E-state index is 0.221. The summed E-state index contributed by atoms with van der Waals surface area (Å²) in [6.07, 6.45) is 1.65. The lowest BCUT2D eigenvalue weighted by atomic mass is 10.2.